The minimum Gasteiger partial charge on any atom is -0.496 e. The molecular formula is C22H20N4O2. The Morgan fingerprint density at radius 3 is 2.82 bits per heavy atom. The molecule has 140 valence electrons. The van der Waals surface area contributed by atoms with E-state index in [0.717, 1.165) is 34.5 Å². The van der Waals surface area contributed by atoms with Gasteiger partial charge in [-0.25, -0.2) is 4.98 Å². The van der Waals surface area contributed by atoms with Gasteiger partial charge < -0.3 is 19.2 Å². The third-order valence-electron chi connectivity index (χ3n) is 5.31. The maximum atomic E-state index is 13.1. The first kappa shape index (κ1) is 16.6. The summed E-state index contributed by atoms with van der Waals surface area (Å²) in [5.74, 6) is 0.744. The van der Waals surface area contributed by atoms with Crippen molar-refractivity contribution in [3.8, 4) is 11.4 Å². The number of hydrogen-bond donors (Lipinski definition) is 1. The van der Waals surface area contributed by atoms with E-state index in [1.54, 1.807) is 7.11 Å². The van der Waals surface area contributed by atoms with Crippen LogP contribution in [0.25, 0.3) is 16.6 Å². The molecule has 0 saturated heterocycles. The normalized spacial score (nSPS) is 13.5. The molecule has 6 heteroatoms. The molecule has 0 unspecified atom stereocenters. The van der Waals surface area contributed by atoms with Crippen molar-refractivity contribution in [2.75, 3.05) is 13.7 Å². The molecule has 4 aromatic rings. The van der Waals surface area contributed by atoms with Crippen LogP contribution < -0.4 is 4.74 Å². The minimum atomic E-state index is -0.0156. The highest BCUT2D eigenvalue weighted by atomic mass is 16.5. The maximum Gasteiger partial charge on any atom is 0.270 e. The fourth-order valence-electron chi connectivity index (χ4n) is 3.88. The van der Waals surface area contributed by atoms with Gasteiger partial charge in [0.15, 0.2) is 0 Å². The van der Waals surface area contributed by atoms with Crippen LogP contribution in [0.15, 0.2) is 60.9 Å². The Labute approximate surface area is 162 Å². The molecule has 28 heavy (non-hydrogen) atoms. The van der Waals surface area contributed by atoms with E-state index in [-0.39, 0.29) is 5.91 Å². The van der Waals surface area contributed by atoms with Gasteiger partial charge in [0, 0.05) is 35.2 Å². The van der Waals surface area contributed by atoms with Gasteiger partial charge in [-0.2, -0.15) is 0 Å². The lowest BCUT2D eigenvalue weighted by molar-refractivity contribution is 0.0726. The molecule has 3 heterocycles. The number of carbonyl (C=O) groups is 1. The van der Waals surface area contributed by atoms with Crippen LogP contribution in [0, 0.1) is 0 Å². The van der Waals surface area contributed by atoms with Crippen LogP contribution in [0.4, 0.5) is 0 Å². The second-order valence-electron chi connectivity index (χ2n) is 6.92. The third-order valence-corrected chi connectivity index (χ3v) is 5.31. The molecular weight excluding hydrogens is 352 g/mol. The molecule has 1 amide bonds. The summed E-state index contributed by atoms with van der Waals surface area (Å²) in [6, 6.07) is 17.8. The number of amides is 1. The summed E-state index contributed by atoms with van der Waals surface area (Å²) in [4.78, 5) is 22.7. The van der Waals surface area contributed by atoms with Gasteiger partial charge in [0.25, 0.3) is 5.91 Å². The number of H-pyrrole nitrogens is 1. The summed E-state index contributed by atoms with van der Waals surface area (Å²) < 4.78 is 7.52. The molecule has 1 N–H and O–H groups in total. The van der Waals surface area contributed by atoms with Gasteiger partial charge in [-0.05, 0) is 30.3 Å². The predicted octanol–water partition coefficient (Wildman–Crippen LogP) is 3.56. The van der Waals surface area contributed by atoms with Crippen molar-refractivity contribution < 1.29 is 9.53 Å². The summed E-state index contributed by atoms with van der Waals surface area (Å²) in [6.45, 7) is 1.18. The van der Waals surface area contributed by atoms with Crippen LogP contribution in [0.1, 0.15) is 21.9 Å². The average molecular weight is 372 g/mol. The number of nitrogens with one attached hydrogen (secondary N) is 1. The highest BCUT2D eigenvalue weighted by Crippen LogP contribution is 2.28. The molecule has 1 aliphatic rings. The number of ether oxygens (including phenoxy) is 1. The van der Waals surface area contributed by atoms with Crippen molar-refractivity contribution in [2.45, 2.75) is 13.0 Å². The van der Waals surface area contributed by atoms with Crippen molar-refractivity contribution in [3.05, 3.63) is 78.0 Å². The molecule has 0 aliphatic carbocycles. The topological polar surface area (TPSA) is 63.2 Å². The molecule has 0 saturated carbocycles. The molecule has 2 aromatic heterocycles. The van der Waals surface area contributed by atoms with E-state index in [1.165, 1.54) is 5.69 Å². The lowest BCUT2D eigenvalue weighted by Crippen LogP contribution is -2.36. The number of carbonyl (C=O) groups excluding carboxylic acids is 1. The number of aromatic nitrogens is 3. The second-order valence-corrected chi connectivity index (χ2v) is 6.92. The van der Waals surface area contributed by atoms with E-state index in [0.29, 0.717) is 18.8 Å². The summed E-state index contributed by atoms with van der Waals surface area (Å²) in [6.07, 6.45) is 2.63. The fourth-order valence-corrected chi connectivity index (χ4v) is 3.88. The van der Waals surface area contributed by atoms with Gasteiger partial charge in [-0.15, -0.1) is 0 Å². The summed E-state index contributed by atoms with van der Waals surface area (Å²) >= 11 is 0. The molecule has 0 radical (unpaired) electrons. The van der Waals surface area contributed by atoms with E-state index >= 15 is 0 Å². The third kappa shape index (κ3) is 2.65. The molecule has 1 aliphatic heterocycles. The summed E-state index contributed by atoms with van der Waals surface area (Å²) in [7, 11) is 1.64. The lowest BCUT2D eigenvalue weighted by atomic mass is 10.1. The predicted molar refractivity (Wildman–Crippen MR) is 107 cm³/mol. The van der Waals surface area contributed by atoms with Crippen molar-refractivity contribution in [2.24, 2.45) is 0 Å². The van der Waals surface area contributed by atoms with E-state index in [4.69, 9.17) is 4.74 Å². The van der Waals surface area contributed by atoms with E-state index in [2.05, 4.69) is 26.7 Å². The van der Waals surface area contributed by atoms with Gasteiger partial charge in [0.1, 0.15) is 11.4 Å². The van der Waals surface area contributed by atoms with Crippen molar-refractivity contribution in [1.82, 2.24) is 19.4 Å². The molecule has 2 aromatic carbocycles. The molecule has 0 fully saturated rings. The van der Waals surface area contributed by atoms with Gasteiger partial charge in [0.2, 0.25) is 0 Å². The Balaban J connectivity index is 1.42. The van der Waals surface area contributed by atoms with Crippen LogP contribution in [0.5, 0.6) is 5.75 Å². The van der Waals surface area contributed by atoms with Gasteiger partial charge in [-0.1, -0.05) is 24.3 Å². The summed E-state index contributed by atoms with van der Waals surface area (Å²) in [5, 5.41) is 0.916. The SMILES string of the molecule is COc1cccc2[nH]c(C(=O)N3CCc4c(ncn4-c4ccccc4)C3)cc12. The number of benzene rings is 2. The zero-order valence-electron chi connectivity index (χ0n) is 15.6. The molecule has 0 atom stereocenters. The van der Waals surface area contributed by atoms with Gasteiger partial charge >= 0.3 is 0 Å². The Bertz CT molecular complexity index is 1160. The van der Waals surface area contributed by atoms with E-state index < -0.39 is 0 Å². The van der Waals surface area contributed by atoms with E-state index in [9.17, 15) is 4.79 Å². The Hall–Kier alpha value is -3.54. The Morgan fingerprint density at radius 1 is 1.14 bits per heavy atom. The zero-order valence-corrected chi connectivity index (χ0v) is 15.6. The molecule has 6 nitrogen and oxygen atoms in total. The number of imidazole rings is 1. The Morgan fingerprint density at radius 2 is 2.00 bits per heavy atom. The number of aromatic amines is 1. The quantitative estimate of drug-likeness (QED) is 0.598. The fraction of sp³-hybridized carbons (Fsp3) is 0.182. The smallest absolute Gasteiger partial charge is 0.270 e. The number of rotatable bonds is 3. The average Bonchev–Trinajstić information content (AvgIpc) is 3.37. The van der Waals surface area contributed by atoms with Crippen LogP contribution in [0.2, 0.25) is 0 Å². The van der Waals surface area contributed by atoms with E-state index in [1.807, 2.05) is 53.7 Å². The molecule has 5 rings (SSSR count). The number of hydrogen-bond acceptors (Lipinski definition) is 3. The number of fused-ring (bicyclic) bond motifs is 2. The minimum absolute atomic E-state index is 0.0156. The van der Waals surface area contributed by atoms with Crippen molar-refractivity contribution in [1.29, 1.82) is 0 Å². The number of para-hydroxylation sites is 1. The number of nitrogens with zero attached hydrogens (tertiary/aromatic N) is 3. The molecule has 0 bridgehead atoms. The zero-order chi connectivity index (χ0) is 19.1. The largest absolute Gasteiger partial charge is 0.496 e. The highest BCUT2D eigenvalue weighted by molar-refractivity contribution is 5.99. The lowest BCUT2D eigenvalue weighted by Gasteiger charge is -2.26. The number of methoxy groups -OCH3 is 1. The van der Waals surface area contributed by atoms with Crippen LogP contribution in [-0.4, -0.2) is 39.0 Å². The highest BCUT2D eigenvalue weighted by Gasteiger charge is 2.26. The van der Waals surface area contributed by atoms with Crippen LogP contribution in [-0.2, 0) is 13.0 Å². The first-order chi connectivity index (χ1) is 13.7. The van der Waals surface area contributed by atoms with Gasteiger partial charge in [-0.3, -0.25) is 4.79 Å². The Kier molecular flexibility index (Phi) is 3.90. The first-order valence-corrected chi connectivity index (χ1v) is 9.30. The first-order valence-electron chi connectivity index (χ1n) is 9.30. The maximum absolute atomic E-state index is 13.1. The summed E-state index contributed by atoms with van der Waals surface area (Å²) in [5.41, 5.74) is 4.70. The standard InChI is InChI=1S/C22H20N4O2/c1-28-21-9-5-8-17-16(21)12-18(24-17)22(27)25-11-10-20-19(13-25)23-14-26(20)15-6-3-2-4-7-15/h2-9,12,14,24H,10-11,13H2,1H3. The monoisotopic (exact) mass is 372 g/mol. The van der Waals surface area contributed by atoms with Gasteiger partial charge in [0.05, 0.1) is 25.7 Å². The van der Waals surface area contributed by atoms with Crippen LogP contribution >= 0.6 is 0 Å². The molecule has 0 spiro atoms. The van der Waals surface area contributed by atoms with Crippen molar-refractivity contribution in [3.63, 3.8) is 0 Å². The second kappa shape index (κ2) is 6.56. The van der Waals surface area contributed by atoms with Crippen molar-refractivity contribution >= 4 is 16.8 Å². The van der Waals surface area contributed by atoms with Crippen LogP contribution in [0.3, 0.4) is 0 Å².